The summed E-state index contributed by atoms with van der Waals surface area (Å²) in [6.07, 6.45) is -3.88. The standard InChI is InChI=1S/C17H20F3NO2/c1-10-6-12-8-14(23-13(12)7-11(10)2)15(22)21-9-16(4-3-5-16)17(18,19)20/h6-7,14H,3-5,8-9H2,1-2H3,(H,21,22). The van der Waals surface area contributed by atoms with Gasteiger partial charge in [0, 0.05) is 13.0 Å². The van der Waals surface area contributed by atoms with E-state index in [1.807, 2.05) is 26.0 Å². The highest BCUT2D eigenvalue weighted by molar-refractivity contribution is 5.82. The van der Waals surface area contributed by atoms with Crippen LogP contribution < -0.4 is 10.1 Å². The summed E-state index contributed by atoms with van der Waals surface area (Å²) in [4.78, 5) is 12.2. The summed E-state index contributed by atoms with van der Waals surface area (Å²) in [6.45, 7) is 3.58. The van der Waals surface area contributed by atoms with Crippen molar-refractivity contribution >= 4 is 5.91 Å². The maximum absolute atomic E-state index is 13.1. The normalized spacial score (nSPS) is 22.0. The van der Waals surface area contributed by atoms with Crippen LogP contribution in [-0.4, -0.2) is 24.7 Å². The topological polar surface area (TPSA) is 38.3 Å². The van der Waals surface area contributed by atoms with Gasteiger partial charge in [-0.05, 0) is 49.4 Å². The van der Waals surface area contributed by atoms with Crippen molar-refractivity contribution in [2.75, 3.05) is 6.54 Å². The third-order valence-corrected chi connectivity index (χ3v) is 5.16. The maximum atomic E-state index is 13.1. The zero-order chi connectivity index (χ0) is 16.8. The molecule has 1 aromatic rings. The van der Waals surface area contributed by atoms with E-state index in [1.165, 1.54) is 0 Å². The Morgan fingerprint density at radius 3 is 2.52 bits per heavy atom. The van der Waals surface area contributed by atoms with Gasteiger partial charge in [0.25, 0.3) is 5.91 Å². The van der Waals surface area contributed by atoms with E-state index in [1.54, 1.807) is 0 Å². The quantitative estimate of drug-likeness (QED) is 0.923. The second kappa shape index (κ2) is 5.42. The van der Waals surface area contributed by atoms with Gasteiger partial charge in [-0.25, -0.2) is 0 Å². The number of amides is 1. The number of hydrogen-bond acceptors (Lipinski definition) is 2. The van der Waals surface area contributed by atoms with Crippen molar-refractivity contribution in [2.24, 2.45) is 5.41 Å². The first kappa shape index (κ1) is 16.1. The molecule has 6 heteroatoms. The van der Waals surface area contributed by atoms with Gasteiger partial charge in [0.15, 0.2) is 6.10 Å². The Hall–Kier alpha value is -1.72. The smallest absolute Gasteiger partial charge is 0.396 e. The Bertz CT molecular complexity index is 604. The minimum Gasteiger partial charge on any atom is -0.480 e. The number of alkyl halides is 3. The minimum absolute atomic E-state index is 0.0842. The zero-order valence-electron chi connectivity index (χ0n) is 13.2. The Morgan fingerprint density at radius 2 is 1.96 bits per heavy atom. The summed E-state index contributed by atoms with van der Waals surface area (Å²) in [5, 5.41) is 2.45. The van der Waals surface area contributed by atoms with E-state index in [0.717, 1.165) is 16.7 Å². The lowest BCUT2D eigenvalue weighted by atomic mass is 9.68. The molecular formula is C17H20F3NO2. The van der Waals surface area contributed by atoms with Crippen LogP contribution in [0.3, 0.4) is 0 Å². The summed E-state index contributed by atoms with van der Waals surface area (Å²) in [7, 11) is 0. The molecule has 0 bridgehead atoms. The van der Waals surface area contributed by atoms with Gasteiger partial charge in [-0.1, -0.05) is 12.5 Å². The number of ether oxygens (including phenoxy) is 1. The zero-order valence-corrected chi connectivity index (χ0v) is 13.2. The molecule has 1 unspecified atom stereocenters. The van der Waals surface area contributed by atoms with Crippen molar-refractivity contribution in [3.63, 3.8) is 0 Å². The number of halogens is 3. The summed E-state index contributed by atoms with van der Waals surface area (Å²) >= 11 is 0. The number of hydrogen-bond donors (Lipinski definition) is 1. The fourth-order valence-electron chi connectivity index (χ4n) is 3.19. The van der Waals surface area contributed by atoms with Gasteiger partial charge in [-0.15, -0.1) is 0 Å². The van der Waals surface area contributed by atoms with Crippen molar-refractivity contribution in [3.8, 4) is 5.75 Å². The van der Waals surface area contributed by atoms with E-state index in [2.05, 4.69) is 5.32 Å². The highest BCUT2D eigenvalue weighted by Crippen LogP contribution is 2.52. The molecule has 0 aromatic heterocycles. The summed E-state index contributed by atoms with van der Waals surface area (Å²) < 4.78 is 44.9. The Morgan fingerprint density at radius 1 is 1.30 bits per heavy atom. The predicted molar refractivity (Wildman–Crippen MR) is 79.4 cm³/mol. The highest BCUT2D eigenvalue weighted by Gasteiger charge is 2.58. The van der Waals surface area contributed by atoms with Gasteiger partial charge in [0.2, 0.25) is 0 Å². The number of carbonyl (C=O) groups is 1. The third kappa shape index (κ3) is 2.79. The van der Waals surface area contributed by atoms with Gasteiger partial charge in [0.1, 0.15) is 5.75 Å². The number of carbonyl (C=O) groups excluding carboxylic acids is 1. The van der Waals surface area contributed by atoms with E-state index in [-0.39, 0.29) is 19.4 Å². The molecule has 1 fully saturated rings. The lowest BCUT2D eigenvalue weighted by Gasteiger charge is -2.43. The molecule has 3 rings (SSSR count). The SMILES string of the molecule is Cc1cc2c(cc1C)OC(C(=O)NCC1(C(F)(F)F)CCC1)C2. The summed E-state index contributed by atoms with van der Waals surface area (Å²) in [5.74, 6) is 0.189. The third-order valence-electron chi connectivity index (χ3n) is 5.16. The molecule has 1 saturated carbocycles. The molecule has 0 spiro atoms. The maximum Gasteiger partial charge on any atom is 0.396 e. The molecule has 1 aromatic carbocycles. The molecule has 1 N–H and O–H groups in total. The molecule has 1 aliphatic carbocycles. The van der Waals surface area contributed by atoms with Gasteiger partial charge >= 0.3 is 6.18 Å². The first-order valence-electron chi connectivity index (χ1n) is 7.83. The molecule has 0 radical (unpaired) electrons. The van der Waals surface area contributed by atoms with Crippen LogP contribution in [0.25, 0.3) is 0 Å². The number of nitrogens with one attached hydrogen (secondary N) is 1. The fourth-order valence-corrected chi connectivity index (χ4v) is 3.19. The monoisotopic (exact) mass is 327 g/mol. The largest absolute Gasteiger partial charge is 0.480 e. The average molecular weight is 327 g/mol. The number of aryl methyl sites for hydroxylation is 2. The molecule has 1 atom stereocenters. The van der Waals surface area contributed by atoms with Crippen molar-refractivity contribution in [1.29, 1.82) is 0 Å². The van der Waals surface area contributed by atoms with Gasteiger partial charge < -0.3 is 10.1 Å². The Kier molecular flexibility index (Phi) is 3.81. The van der Waals surface area contributed by atoms with Crippen molar-refractivity contribution in [1.82, 2.24) is 5.32 Å². The lowest BCUT2D eigenvalue weighted by molar-refractivity contribution is -0.248. The summed E-state index contributed by atoms with van der Waals surface area (Å²) in [6, 6.07) is 3.85. The van der Waals surface area contributed by atoms with Crippen LogP contribution in [0.1, 0.15) is 36.0 Å². The molecule has 1 aliphatic heterocycles. The van der Waals surface area contributed by atoms with E-state index in [0.29, 0.717) is 18.6 Å². The van der Waals surface area contributed by atoms with Crippen molar-refractivity contribution in [2.45, 2.75) is 51.8 Å². The molecule has 0 saturated heterocycles. The lowest BCUT2D eigenvalue weighted by Crippen LogP contribution is -2.53. The van der Waals surface area contributed by atoms with E-state index in [9.17, 15) is 18.0 Å². The van der Waals surface area contributed by atoms with Crippen LogP contribution in [0, 0.1) is 19.3 Å². The van der Waals surface area contributed by atoms with Crippen LogP contribution in [0.2, 0.25) is 0 Å². The molecular weight excluding hydrogens is 307 g/mol. The van der Waals surface area contributed by atoms with Gasteiger partial charge in [0.05, 0.1) is 5.41 Å². The second-order valence-electron chi connectivity index (χ2n) is 6.70. The Labute approximate surface area is 133 Å². The van der Waals surface area contributed by atoms with Crippen LogP contribution in [0.15, 0.2) is 12.1 Å². The molecule has 2 aliphatic rings. The van der Waals surface area contributed by atoms with Gasteiger partial charge in [-0.2, -0.15) is 13.2 Å². The first-order chi connectivity index (χ1) is 10.7. The second-order valence-corrected chi connectivity index (χ2v) is 6.70. The van der Waals surface area contributed by atoms with Crippen molar-refractivity contribution < 1.29 is 22.7 Å². The number of benzene rings is 1. The number of fused-ring (bicyclic) bond motifs is 1. The Balaban J connectivity index is 1.62. The first-order valence-corrected chi connectivity index (χ1v) is 7.83. The average Bonchev–Trinajstić information content (AvgIpc) is 2.79. The van der Waals surface area contributed by atoms with Gasteiger partial charge in [-0.3, -0.25) is 4.79 Å². The van der Waals surface area contributed by atoms with Crippen LogP contribution >= 0.6 is 0 Å². The molecule has 126 valence electrons. The number of rotatable bonds is 3. The molecule has 1 amide bonds. The van der Waals surface area contributed by atoms with E-state index < -0.39 is 23.6 Å². The van der Waals surface area contributed by atoms with E-state index in [4.69, 9.17) is 4.74 Å². The highest BCUT2D eigenvalue weighted by atomic mass is 19.4. The van der Waals surface area contributed by atoms with Crippen molar-refractivity contribution in [3.05, 3.63) is 28.8 Å². The van der Waals surface area contributed by atoms with E-state index >= 15 is 0 Å². The van der Waals surface area contributed by atoms with Crippen LogP contribution in [0.4, 0.5) is 13.2 Å². The summed E-state index contributed by atoms with van der Waals surface area (Å²) in [5.41, 5.74) is 1.36. The van der Waals surface area contributed by atoms with Crippen LogP contribution in [-0.2, 0) is 11.2 Å². The minimum atomic E-state index is -4.27. The predicted octanol–water partition coefficient (Wildman–Crippen LogP) is 3.46. The molecule has 1 heterocycles. The van der Waals surface area contributed by atoms with Crippen LogP contribution in [0.5, 0.6) is 5.75 Å². The molecule has 3 nitrogen and oxygen atoms in total. The fraction of sp³-hybridized carbons (Fsp3) is 0.588. The molecule has 23 heavy (non-hydrogen) atoms.